The van der Waals surface area contributed by atoms with Crippen LogP contribution in [0.2, 0.25) is 0 Å². The standard InChI is InChI=1S/C18H31N3O/c1-3-4-9-19(2)13-15-7-10-20(11-8-15)14-21-17-6-5-16(12-17)18(21)22/h5-6,15-17H,3-4,7-14H2,1-2H3/t16-,17-/m0/s1. The van der Waals surface area contributed by atoms with Crippen LogP contribution in [0.25, 0.3) is 0 Å². The zero-order valence-corrected chi connectivity index (χ0v) is 14.2. The Hall–Kier alpha value is -0.870. The van der Waals surface area contributed by atoms with Crippen molar-refractivity contribution in [3.63, 3.8) is 0 Å². The lowest BCUT2D eigenvalue weighted by atomic mass is 9.96. The molecule has 2 atom stereocenters. The van der Waals surface area contributed by atoms with Crippen molar-refractivity contribution in [3.8, 4) is 0 Å². The maximum atomic E-state index is 12.2. The smallest absolute Gasteiger partial charge is 0.231 e. The Morgan fingerprint density at radius 1 is 1.27 bits per heavy atom. The maximum absolute atomic E-state index is 12.2. The summed E-state index contributed by atoms with van der Waals surface area (Å²) in [6.07, 6.45) is 10.5. The first kappa shape index (κ1) is 16.0. The number of likely N-dealkylation sites (tertiary alicyclic amines) is 2. The van der Waals surface area contributed by atoms with E-state index in [4.69, 9.17) is 0 Å². The van der Waals surface area contributed by atoms with Gasteiger partial charge in [0.25, 0.3) is 0 Å². The second kappa shape index (κ2) is 7.14. The summed E-state index contributed by atoms with van der Waals surface area (Å²) in [5.41, 5.74) is 0. The Bertz CT molecular complexity index is 415. The van der Waals surface area contributed by atoms with Crippen molar-refractivity contribution in [3.05, 3.63) is 12.2 Å². The number of piperidine rings is 1. The van der Waals surface area contributed by atoms with Crippen LogP contribution in [-0.4, -0.2) is 66.5 Å². The first-order valence-corrected chi connectivity index (χ1v) is 9.07. The average Bonchev–Trinajstić information content (AvgIpc) is 3.10. The Balaban J connectivity index is 1.39. The summed E-state index contributed by atoms with van der Waals surface area (Å²) < 4.78 is 0. The molecule has 0 N–H and O–H groups in total. The highest BCUT2D eigenvalue weighted by Gasteiger charge is 2.41. The lowest BCUT2D eigenvalue weighted by Gasteiger charge is -2.37. The third kappa shape index (κ3) is 3.54. The molecule has 0 radical (unpaired) electrons. The van der Waals surface area contributed by atoms with Crippen molar-refractivity contribution in [1.82, 2.24) is 14.7 Å². The van der Waals surface area contributed by atoms with Crippen LogP contribution in [0.3, 0.4) is 0 Å². The molecule has 22 heavy (non-hydrogen) atoms. The number of hydrogen-bond acceptors (Lipinski definition) is 3. The van der Waals surface area contributed by atoms with Gasteiger partial charge in [-0.15, -0.1) is 0 Å². The molecule has 1 amide bonds. The Morgan fingerprint density at radius 2 is 2.05 bits per heavy atom. The summed E-state index contributed by atoms with van der Waals surface area (Å²) in [5.74, 6) is 1.38. The second-order valence-corrected chi connectivity index (χ2v) is 7.42. The van der Waals surface area contributed by atoms with E-state index in [1.165, 1.54) is 38.8 Å². The quantitative estimate of drug-likeness (QED) is 0.675. The van der Waals surface area contributed by atoms with Crippen molar-refractivity contribution in [2.24, 2.45) is 11.8 Å². The predicted molar refractivity (Wildman–Crippen MR) is 89.5 cm³/mol. The van der Waals surface area contributed by atoms with Crippen LogP contribution in [-0.2, 0) is 4.79 Å². The third-order valence-corrected chi connectivity index (χ3v) is 5.58. The number of nitrogens with zero attached hydrogens (tertiary/aromatic N) is 3. The number of carbonyl (C=O) groups is 1. The Kier molecular flexibility index (Phi) is 5.19. The lowest BCUT2D eigenvalue weighted by molar-refractivity contribution is -0.133. The van der Waals surface area contributed by atoms with Gasteiger partial charge in [0.1, 0.15) is 0 Å². The molecule has 4 heteroatoms. The molecule has 124 valence electrons. The van der Waals surface area contributed by atoms with Crippen LogP contribution >= 0.6 is 0 Å². The summed E-state index contributed by atoms with van der Waals surface area (Å²) in [6, 6.07) is 0.385. The highest BCUT2D eigenvalue weighted by atomic mass is 16.2. The van der Waals surface area contributed by atoms with Crippen LogP contribution < -0.4 is 0 Å². The van der Waals surface area contributed by atoms with Crippen molar-refractivity contribution in [2.75, 3.05) is 39.9 Å². The van der Waals surface area contributed by atoms with E-state index < -0.39 is 0 Å². The fraction of sp³-hybridized carbons (Fsp3) is 0.833. The number of hydrogen-bond donors (Lipinski definition) is 0. The molecule has 0 aromatic heterocycles. The van der Waals surface area contributed by atoms with Crippen molar-refractivity contribution >= 4 is 5.91 Å². The molecule has 0 unspecified atom stereocenters. The van der Waals surface area contributed by atoms with E-state index in [1.54, 1.807) is 0 Å². The first-order valence-electron chi connectivity index (χ1n) is 9.07. The molecule has 2 saturated heterocycles. The van der Waals surface area contributed by atoms with Gasteiger partial charge in [0.2, 0.25) is 5.91 Å². The first-order chi connectivity index (χ1) is 10.7. The van der Waals surface area contributed by atoms with Crippen molar-refractivity contribution < 1.29 is 4.79 Å². The number of fused-ring (bicyclic) bond motifs is 2. The summed E-state index contributed by atoms with van der Waals surface area (Å²) in [7, 11) is 2.26. The molecule has 3 aliphatic rings. The van der Waals surface area contributed by atoms with Gasteiger partial charge in [-0.3, -0.25) is 9.69 Å². The molecular formula is C18H31N3O. The fourth-order valence-corrected chi connectivity index (χ4v) is 4.13. The minimum atomic E-state index is 0.190. The molecule has 0 spiro atoms. The summed E-state index contributed by atoms with van der Waals surface area (Å²) in [4.78, 5) is 19.3. The normalized spacial score (nSPS) is 29.2. The molecule has 0 aromatic rings. The fourth-order valence-electron chi connectivity index (χ4n) is 4.13. The molecule has 0 aromatic carbocycles. The van der Waals surface area contributed by atoms with Gasteiger partial charge in [-0.1, -0.05) is 25.5 Å². The third-order valence-electron chi connectivity index (χ3n) is 5.58. The van der Waals surface area contributed by atoms with Crippen molar-refractivity contribution in [1.29, 1.82) is 0 Å². The van der Waals surface area contributed by atoms with Gasteiger partial charge in [-0.25, -0.2) is 0 Å². The second-order valence-electron chi connectivity index (χ2n) is 7.42. The van der Waals surface area contributed by atoms with Gasteiger partial charge < -0.3 is 9.80 Å². The molecule has 2 bridgehead atoms. The average molecular weight is 305 g/mol. The van der Waals surface area contributed by atoms with E-state index in [0.29, 0.717) is 11.9 Å². The molecule has 2 aliphatic heterocycles. The molecule has 4 nitrogen and oxygen atoms in total. The van der Waals surface area contributed by atoms with Crippen molar-refractivity contribution in [2.45, 2.75) is 45.1 Å². The Labute approximate surface area is 135 Å². The van der Waals surface area contributed by atoms with Gasteiger partial charge in [0, 0.05) is 19.6 Å². The SMILES string of the molecule is CCCCN(C)CC1CCN(CN2C(=O)[C@H]3C=C[C@H]2C3)CC1. The van der Waals surface area contributed by atoms with Gasteiger partial charge in [-0.05, 0) is 45.2 Å². The zero-order valence-electron chi connectivity index (χ0n) is 14.2. The van der Waals surface area contributed by atoms with E-state index in [0.717, 1.165) is 32.1 Å². The zero-order chi connectivity index (χ0) is 15.5. The number of unbranched alkanes of at least 4 members (excludes halogenated alkanes) is 1. The topological polar surface area (TPSA) is 26.8 Å². The van der Waals surface area contributed by atoms with Crippen LogP contribution in [0.5, 0.6) is 0 Å². The van der Waals surface area contributed by atoms with E-state index >= 15 is 0 Å². The van der Waals surface area contributed by atoms with E-state index in [1.807, 2.05) is 0 Å². The minimum Gasteiger partial charge on any atom is -0.323 e. The van der Waals surface area contributed by atoms with Gasteiger partial charge in [-0.2, -0.15) is 0 Å². The van der Waals surface area contributed by atoms with E-state index in [-0.39, 0.29) is 5.92 Å². The Morgan fingerprint density at radius 3 is 2.68 bits per heavy atom. The summed E-state index contributed by atoms with van der Waals surface area (Å²) in [5, 5.41) is 0. The number of rotatable bonds is 7. The minimum absolute atomic E-state index is 0.190. The molecule has 2 heterocycles. The van der Waals surface area contributed by atoms with Gasteiger partial charge in [0.15, 0.2) is 0 Å². The number of amides is 1. The maximum Gasteiger partial charge on any atom is 0.231 e. The summed E-state index contributed by atoms with van der Waals surface area (Å²) >= 11 is 0. The highest BCUT2D eigenvalue weighted by molar-refractivity contribution is 5.85. The summed E-state index contributed by atoms with van der Waals surface area (Å²) in [6.45, 7) is 7.88. The molecule has 2 fully saturated rings. The molecule has 1 aliphatic carbocycles. The van der Waals surface area contributed by atoms with Gasteiger partial charge >= 0.3 is 0 Å². The van der Waals surface area contributed by atoms with Gasteiger partial charge in [0.05, 0.1) is 18.6 Å². The lowest BCUT2D eigenvalue weighted by Crippen LogP contribution is -2.47. The van der Waals surface area contributed by atoms with E-state index in [2.05, 4.69) is 40.8 Å². The molecular weight excluding hydrogens is 274 g/mol. The van der Waals surface area contributed by atoms with Crippen LogP contribution in [0, 0.1) is 11.8 Å². The van der Waals surface area contributed by atoms with Crippen LogP contribution in [0.1, 0.15) is 39.0 Å². The monoisotopic (exact) mass is 305 g/mol. The molecule has 3 rings (SSSR count). The largest absolute Gasteiger partial charge is 0.323 e. The number of carbonyl (C=O) groups excluding carboxylic acids is 1. The molecule has 0 saturated carbocycles. The highest BCUT2D eigenvalue weighted by Crippen LogP contribution is 2.33. The predicted octanol–water partition coefficient (Wildman–Crippen LogP) is 2.17. The van der Waals surface area contributed by atoms with Crippen LogP contribution in [0.15, 0.2) is 12.2 Å². The van der Waals surface area contributed by atoms with E-state index in [9.17, 15) is 4.79 Å². The van der Waals surface area contributed by atoms with Crippen LogP contribution in [0.4, 0.5) is 0 Å².